The zero-order valence-corrected chi connectivity index (χ0v) is 13.9. The number of piperazine rings is 1. The van der Waals surface area contributed by atoms with Gasteiger partial charge in [0.1, 0.15) is 0 Å². The summed E-state index contributed by atoms with van der Waals surface area (Å²) in [7, 11) is -3.14. The van der Waals surface area contributed by atoms with Crippen molar-refractivity contribution in [3.63, 3.8) is 0 Å². The van der Waals surface area contributed by atoms with Crippen LogP contribution >= 0.6 is 11.6 Å². The zero-order valence-electron chi connectivity index (χ0n) is 12.3. The highest BCUT2D eigenvalue weighted by atomic mass is 35.5. The molecule has 0 radical (unpaired) electrons. The number of alkyl halides is 1. The standard InChI is InChI=1S/C13H22ClN3O3S/c1-12-10-13(20-15-12)11-16-5-7-17(8-6-16)21(18,19)9-3-2-4-14/h10H,2-9,11H2,1H3. The van der Waals surface area contributed by atoms with E-state index in [1.807, 2.05) is 13.0 Å². The molecule has 1 aliphatic heterocycles. The van der Waals surface area contributed by atoms with Gasteiger partial charge in [0.25, 0.3) is 0 Å². The van der Waals surface area contributed by atoms with Gasteiger partial charge in [0.05, 0.1) is 18.0 Å². The minimum absolute atomic E-state index is 0.195. The molecule has 0 saturated carbocycles. The van der Waals surface area contributed by atoms with Gasteiger partial charge in [0, 0.05) is 38.1 Å². The van der Waals surface area contributed by atoms with Crippen molar-refractivity contribution in [2.75, 3.05) is 37.8 Å². The van der Waals surface area contributed by atoms with Gasteiger partial charge in [-0.25, -0.2) is 8.42 Å². The number of nitrogens with zero attached hydrogens (tertiary/aromatic N) is 3. The summed E-state index contributed by atoms with van der Waals surface area (Å²) in [5, 5.41) is 3.86. The van der Waals surface area contributed by atoms with Crippen molar-refractivity contribution >= 4 is 21.6 Å². The summed E-state index contributed by atoms with van der Waals surface area (Å²) in [6.45, 7) is 5.08. The molecule has 6 nitrogen and oxygen atoms in total. The van der Waals surface area contributed by atoms with E-state index in [9.17, 15) is 8.42 Å². The van der Waals surface area contributed by atoms with Gasteiger partial charge in [-0.3, -0.25) is 4.90 Å². The van der Waals surface area contributed by atoms with Crippen LogP contribution in [-0.2, 0) is 16.6 Å². The zero-order chi connectivity index (χ0) is 15.3. The average molecular weight is 336 g/mol. The van der Waals surface area contributed by atoms with Gasteiger partial charge >= 0.3 is 0 Å². The molecule has 0 bridgehead atoms. The number of rotatable bonds is 7. The number of unbranched alkanes of at least 4 members (excludes halogenated alkanes) is 1. The molecule has 2 rings (SSSR count). The van der Waals surface area contributed by atoms with Gasteiger partial charge in [0.15, 0.2) is 5.76 Å². The van der Waals surface area contributed by atoms with Crippen molar-refractivity contribution in [2.24, 2.45) is 0 Å². The van der Waals surface area contributed by atoms with Crippen LogP contribution in [0.2, 0.25) is 0 Å². The molecule has 1 aliphatic rings. The van der Waals surface area contributed by atoms with E-state index in [1.165, 1.54) is 0 Å². The predicted octanol–water partition coefficient (Wildman–Crippen LogP) is 1.45. The van der Waals surface area contributed by atoms with E-state index in [4.69, 9.17) is 16.1 Å². The van der Waals surface area contributed by atoms with E-state index >= 15 is 0 Å². The number of aromatic nitrogens is 1. The number of sulfonamides is 1. The first kappa shape index (κ1) is 16.7. The summed E-state index contributed by atoms with van der Waals surface area (Å²) < 4.78 is 31.1. The van der Waals surface area contributed by atoms with Crippen LogP contribution < -0.4 is 0 Å². The van der Waals surface area contributed by atoms with E-state index in [2.05, 4.69) is 10.1 Å². The molecule has 1 aromatic rings. The Morgan fingerprint density at radius 3 is 2.57 bits per heavy atom. The highest BCUT2D eigenvalue weighted by Crippen LogP contribution is 2.13. The topological polar surface area (TPSA) is 66.7 Å². The van der Waals surface area contributed by atoms with E-state index < -0.39 is 10.0 Å². The molecule has 1 aromatic heterocycles. The third kappa shape index (κ3) is 4.95. The Morgan fingerprint density at radius 1 is 1.29 bits per heavy atom. The highest BCUT2D eigenvalue weighted by Gasteiger charge is 2.26. The Labute approximate surface area is 131 Å². The van der Waals surface area contributed by atoms with Crippen molar-refractivity contribution in [3.05, 3.63) is 17.5 Å². The second-order valence-electron chi connectivity index (χ2n) is 5.32. The van der Waals surface area contributed by atoms with Crippen LogP contribution in [-0.4, -0.2) is 60.6 Å². The van der Waals surface area contributed by atoms with E-state index in [0.29, 0.717) is 45.0 Å². The Morgan fingerprint density at radius 2 is 2.00 bits per heavy atom. The van der Waals surface area contributed by atoms with Crippen molar-refractivity contribution in [1.82, 2.24) is 14.4 Å². The largest absolute Gasteiger partial charge is 0.360 e. The van der Waals surface area contributed by atoms with Crippen LogP contribution in [0.5, 0.6) is 0 Å². The Kier molecular flexibility index (Phi) is 6.04. The van der Waals surface area contributed by atoms with Gasteiger partial charge in [-0.1, -0.05) is 5.16 Å². The lowest BCUT2D eigenvalue weighted by molar-refractivity contribution is 0.166. The minimum atomic E-state index is -3.14. The van der Waals surface area contributed by atoms with E-state index in [1.54, 1.807) is 4.31 Å². The Bertz CT molecular complexity index is 539. The molecule has 120 valence electrons. The van der Waals surface area contributed by atoms with E-state index in [-0.39, 0.29) is 5.75 Å². The molecule has 8 heteroatoms. The molecule has 0 atom stereocenters. The maximum absolute atomic E-state index is 12.2. The van der Waals surface area contributed by atoms with Gasteiger partial charge in [-0.15, -0.1) is 11.6 Å². The maximum Gasteiger partial charge on any atom is 0.214 e. The second-order valence-corrected chi connectivity index (χ2v) is 7.79. The molecule has 0 unspecified atom stereocenters. The summed E-state index contributed by atoms with van der Waals surface area (Å²) >= 11 is 5.58. The predicted molar refractivity (Wildman–Crippen MR) is 81.8 cm³/mol. The summed E-state index contributed by atoms with van der Waals surface area (Å²) in [6, 6.07) is 1.91. The van der Waals surface area contributed by atoms with Crippen LogP contribution in [0.4, 0.5) is 0 Å². The fourth-order valence-corrected chi connectivity index (χ4v) is 4.12. The first-order valence-corrected chi connectivity index (χ1v) is 9.34. The molecule has 0 aliphatic carbocycles. The third-order valence-corrected chi connectivity index (χ3v) is 5.79. The molecule has 2 heterocycles. The maximum atomic E-state index is 12.2. The minimum Gasteiger partial charge on any atom is -0.360 e. The van der Waals surface area contributed by atoms with Crippen LogP contribution in [0.3, 0.4) is 0 Å². The lowest BCUT2D eigenvalue weighted by Crippen LogP contribution is -2.48. The molecule has 0 aromatic carbocycles. The van der Waals surface area contributed by atoms with Crippen molar-refractivity contribution in [1.29, 1.82) is 0 Å². The van der Waals surface area contributed by atoms with E-state index in [0.717, 1.165) is 17.9 Å². The molecule has 21 heavy (non-hydrogen) atoms. The third-order valence-electron chi connectivity index (χ3n) is 3.57. The van der Waals surface area contributed by atoms with Crippen molar-refractivity contribution in [2.45, 2.75) is 26.3 Å². The van der Waals surface area contributed by atoms with Gasteiger partial charge in [0.2, 0.25) is 10.0 Å². The highest BCUT2D eigenvalue weighted by molar-refractivity contribution is 7.89. The lowest BCUT2D eigenvalue weighted by Gasteiger charge is -2.33. The molecule has 0 amide bonds. The summed E-state index contributed by atoms with van der Waals surface area (Å²) in [5.41, 5.74) is 0.866. The number of halogens is 1. The lowest BCUT2D eigenvalue weighted by atomic mass is 10.3. The monoisotopic (exact) mass is 335 g/mol. The fraction of sp³-hybridized carbons (Fsp3) is 0.769. The SMILES string of the molecule is Cc1cc(CN2CCN(S(=O)(=O)CCCCCl)CC2)on1. The van der Waals surface area contributed by atoms with Gasteiger partial charge in [-0.2, -0.15) is 4.31 Å². The number of aryl methyl sites for hydroxylation is 1. The Balaban J connectivity index is 1.79. The molecule has 0 N–H and O–H groups in total. The molecule has 0 spiro atoms. The fourth-order valence-electron chi connectivity index (χ4n) is 2.39. The van der Waals surface area contributed by atoms with Crippen LogP contribution in [0.15, 0.2) is 10.6 Å². The van der Waals surface area contributed by atoms with Gasteiger partial charge < -0.3 is 4.52 Å². The average Bonchev–Trinajstić information content (AvgIpc) is 2.85. The van der Waals surface area contributed by atoms with Crippen LogP contribution in [0.25, 0.3) is 0 Å². The smallest absolute Gasteiger partial charge is 0.214 e. The number of hydrogen-bond donors (Lipinski definition) is 0. The van der Waals surface area contributed by atoms with Crippen molar-refractivity contribution in [3.8, 4) is 0 Å². The van der Waals surface area contributed by atoms with Crippen molar-refractivity contribution < 1.29 is 12.9 Å². The van der Waals surface area contributed by atoms with Crippen LogP contribution in [0.1, 0.15) is 24.3 Å². The molecule has 1 saturated heterocycles. The summed E-state index contributed by atoms with van der Waals surface area (Å²) in [6.07, 6.45) is 1.37. The molecular weight excluding hydrogens is 314 g/mol. The second kappa shape index (κ2) is 7.58. The first-order valence-electron chi connectivity index (χ1n) is 7.19. The Hall–Kier alpha value is -0.630. The first-order chi connectivity index (χ1) is 10.0. The molecular formula is C13H22ClN3O3S. The van der Waals surface area contributed by atoms with Gasteiger partial charge in [-0.05, 0) is 19.8 Å². The van der Waals surface area contributed by atoms with Crippen LogP contribution in [0, 0.1) is 6.92 Å². The number of hydrogen-bond acceptors (Lipinski definition) is 5. The summed E-state index contributed by atoms with van der Waals surface area (Å²) in [5.74, 6) is 1.53. The quantitative estimate of drug-likeness (QED) is 0.557. The normalized spacial score (nSPS) is 18.2. The summed E-state index contributed by atoms with van der Waals surface area (Å²) in [4.78, 5) is 2.19. The molecule has 1 fully saturated rings.